The number of nitrogens with two attached hydrogens (primary N) is 1. The Hall–Kier alpha value is -0.670. The summed E-state index contributed by atoms with van der Waals surface area (Å²) in [5.74, 6) is 1.67. The summed E-state index contributed by atoms with van der Waals surface area (Å²) >= 11 is 4.13. The van der Waals surface area contributed by atoms with Crippen molar-refractivity contribution in [3.05, 3.63) is 29.8 Å². The van der Waals surface area contributed by atoms with E-state index in [2.05, 4.69) is 31.7 Å². The van der Waals surface area contributed by atoms with Crippen LogP contribution in [0.3, 0.4) is 0 Å². The number of benzene rings is 1. The molecule has 0 aliphatic heterocycles. The first-order chi connectivity index (χ1) is 7.22. The van der Waals surface area contributed by atoms with Gasteiger partial charge in [0.1, 0.15) is 5.75 Å². The molecular weight excluding hydrogens is 206 g/mol. The molecule has 0 amide bonds. The second-order valence-electron chi connectivity index (χ2n) is 3.75. The lowest BCUT2D eigenvalue weighted by atomic mass is 10.2. The molecule has 0 spiro atoms. The van der Waals surface area contributed by atoms with Gasteiger partial charge in [-0.05, 0) is 31.9 Å². The van der Waals surface area contributed by atoms with Crippen molar-refractivity contribution in [2.24, 2.45) is 5.73 Å². The molecule has 0 fully saturated rings. The summed E-state index contributed by atoms with van der Waals surface area (Å²) in [6.45, 7) is 2.79. The van der Waals surface area contributed by atoms with Gasteiger partial charge in [0.25, 0.3) is 0 Å². The molecule has 0 saturated carbocycles. The lowest BCUT2D eigenvalue weighted by molar-refractivity contribution is 0.303. The van der Waals surface area contributed by atoms with Crippen LogP contribution in [-0.4, -0.2) is 18.4 Å². The maximum atomic E-state index is 5.74. The first-order valence-corrected chi connectivity index (χ1v) is 5.91. The van der Waals surface area contributed by atoms with Crippen LogP contribution in [0.25, 0.3) is 0 Å². The van der Waals surface area contributed by atoms with Crippen molar-refractivity contribution in [1.82, 2.24) is 0 Å². The molecule has 2 N–H and O–H groups in total. The molecule has 1 atom stereocenters. The highest BCUT2D eigenvalue weighted by molar-refractivity contribution is 7.80. The van der Waals surface area contributed by atoms with E-state index in [4.69, 9.17) is 10.5 Å². The van der Waals surface area contributed by atoms with Crippen LogP contribution in [-0.2, 0) is 0 Å². The fourth-order valence-electron chi connectivity index (χ4n) is 1.26. The van der Waals surface area contributed by atoms with Crippen LogP contribution >= 0.6 is 12.6 Å². The van der Waals surface area contributed by atoms with Crippen molar-refractivity contribution in [3.8, 4) is 5.75 Å². The van der Waals surface area contributed by atoms with Crippen LogP contribution in [0.15, 0.2) is 24.3 Å². The minimum absolute atomic E-state index is 0.190. The summed E-state index contributed by atoms with van der Waals surface area (Å²) in [7, 11) is 0. The maximum absolute atomic E-state index is 5.74. The van der Waals surface area contributed by atoms with E-state index in [9.17, 15) is 0 Å². The Morgan fingerprint density at radius 3 is 2.60 bits per heavy atom. The topological polar surface area (TPSA) is 35.2 Å². The zero-order chi connectivity index (χ0) is 11.1. The Morgan fingerprint density at radius 1 is 1.33 bits per heavy atom. The average molecular weight is 225 g/mol. The van der Waals surface area contributed by atoms with Gasteiger partial charge in [-0.25, -0.2) is 0 Å². The van der Waals surface area contributed by atoms with Gasteiger partial charge in [0.15, 0.2) is 0 Å². The van der Waals surface area contributed by atoms with Gasteiger partial charge < -0.3 is 10.5 Å². The Bertz CT molecular complexity index is 273. The van der Waals surface area contributed by atoms with Crippen LogP contribution in [0.1, 0.15) is 18.4 Å². The monoisotopic (exact) mass is 225 g/mol. The van der Waals surface area contributed by atoms with Gasteiger partial charge in [-0.15, -0.1) is 0 Å². The summed E-state index contributed by atoms with van der Waals surface area (Å²) < 4.78 is 5.58. The minimum Gasteiger partial charge on any atom is -0.494 e. The number of rotatable bonds is 6. The fourth-order valence-corrected chi connectivity index (χ4v) is 1.44. The molecule has 3 heteroatoms. The molecule has 84 valence electrons. The Labute approximate surface area is 97.2 Å². The zero-order valence-electron chi connectivity index (χ0n) is 9.15. The number of hydrogen-bond acceptors (Lipinski definition) is 3. The van der Waals surface area contributed by atoms with Crippen LogP contribution < -0.4 is 10.5 Å². The van der Waals surface area contributed by atoms with Crippen LogP contribution in [0.2, 0.25) is 0 Å². The third kappa shape index (κ3) is 5.09. The molecule has 0 aliphatic rings. The van der Waals surface area contributed by atoms with E-state index in [1.165, 1.54) is 5.56 Å². The predicted molar refractivity (Wildman–Crippen MR) is 67.7 cm³/mol. The summed E-state index contributed by atoms with van der Waals surface area (Å²) in [5.41, 5.74) is 6.99. The summed E-state index contributed by atoms with van der Waals surface area (Å²) in [4.78, 5) is 0. The highest BCUT2D eigenvalue weighted by Gasteiger charge is 1.99. The van der Waals surface area contributed by atoms with Gasteiger partial charge in [0, 0.05) is 11.8 Å². The van der Waals surface area contributed by atoms with Crippen LogP contribution in [0.4, 0.5) is 0 Å². The molecule has 0 saturated heterocycles. The highest BCUT2D eigenvalue weighted by Crippen LogP contribution is 2.11. The molecule has 0 radical (unpaired) electrons. The van der Waals surface area contributed by atoms with Crippen molar-refractivity contribution in [1.29, 1.82) is 0 Å². The van der Waals surface area contributed by atoms with E-state index in [-0.39, 0.29) is 6.04 Å². The molecule has 0 heterocycles. The molecule has 1 rings (SSSR count). The van der Waals surface area contributed by atoms with Crippen LogP contribution in [0.5, 0.6) is 5.75 Å². The molecule has 15 heavy (non-hydrogen) atoms. The number of hydrogen-bond donors (Lipinski definition) is 2. The van der Waals surface area contributed by atoms with E-state index in [1.54, 1.807) is 0 Å². The van der Waals surface area contributed by atoms with Gasteiger partial charge in [-0.2, -0.15) is 12.6 Å². The summed E-state index contributed by atoms with van der Waals surface area (Å²) in [6.07, 6.45) is 1.95. The molecule has 1 aromatic carbocycles. The predicted octanol–water partition coefficient (Wildman–Crippen LogP) is 2.41. The molecule has 2 nitrogen and oxygen atoms in total. The van der Waals surface area contributed by atoms with Crippen LogP contribution in [0, 0.1) is 6.92 Å². The smallest absolute Gasteiger partial charge is 0.119 e. The lowest BCUT2D eigenvalue weighted by Crippen LogP contribution is -2.22. The standard InChI is InChI=1S/C12H19NOS/c1-10-4-6-12(7-5-10)14-8-2-3-11(13)9-15/h4-7,11,15H,2-3,8-9,13H2,1H3/t11-/m0/s1. The van der Waals surface area contributed by atoms with Crippen molar-refractivity contribution >= 4 is 12.6 Å². The third-order valence-corrected chi connectivity index (χ3v) is 2.71. The minimum atomic E-state index is 0.190. The van der Waals surface area contributed by atoms with Gasteiger partial charge in [-0.3, -0.25) is 0 Å². The van der Waals surface area contributed by atoms with Crippen molar-refractivity contribution in [2.75, 3.05) is 12.4 Å². The van der Waals surface area contributed by atoms with Gasteiger partial charge >= 0.3 is 0 Å². The Kier molecular flexibility index (Phi) is 5.58. The largest absolute Gasteiger partial charge is 0.494 e. The third-order valence-electron chi connectivity index (χ3n) is 2.24. The van der Waals surface area contributed by atoms with E-state index >= 15 is 0 Å². The number of thiol groups is 1. The van der Waals surface area contributed by atoms with E-state index in [1.807, 2.05) is 12.1 Å². The fraction of sp³-hybridized carbons (Fsp3) is 0.500. The van der Waals surface area contributed by atoms with Crippen molar-refractivity contribution < 1.29 is 4.74 Å². The molecule has 1 aromatic rings. The first kappa shape index (κ1) is 12.4. The van der Waals surface area contributed by atoms with E-state index in [0.29, 0.717) is 0 Å². The average Bonchev–Trinajstić information content (AvgIpc) is 2.26. The Balaban J connectivity index is 2.17. The Morgan fingerprint density at radius 2 is 2.00 bits per heavy atom. The second kappa shape index (κ2) is 6.75. The zero-order valence-corrected chi connectivity index (χ0v) is 10.0. The lowest BCUT2D eigenvalue weighted by Gasteiger charge is -2.09. The number of ether oxygens (including phenoxy) is 1. The first-order valence-electron chi connectivity index (χ1n) is 5.28. The molecular formula is C12H19NOS. The van der Waals surface area contributed by atoms with Crippen molar-refractivity contribution in [2.45, 2.75) is 25.8 Å². The highest BCUT2D eigenvalue weighted by atomic mass is 32.1. The van der Waals surface area contributed by atoms with Gasteiger partial charge in [-0.1, -0.05) is 17.7 Å². The quantitative estimate of drug-likeness (QED) is 0.576. The molecule has 0 bridgehead atoms. The second-order valence-corrected chi connectivity index (χ2v) is 4.11. The summed E-state index contributed by atoms with van der Waals surface area (Å²) in [5, 5.41) is 0. The van der Waals surface area contributed by atoms with Crippen molar-refractivity contribution in [3.63, 3.8) is 0 Å². The normalized spacial score (nSPS) is 12.5. The molecule has 0 aromatic heterocycles. The maximum Gasteiger partial charge on any atom is 0.119 e. The molecule has 0 unspecified atom stereocenters. The van der Waals surface area contributed by atoms with Gasteiger partial charge in [0.05, 0.1) is 6.61 Å². The van der Waals surface area contributed by atoms with E-state index in [0.717, 1.165) is 31.0 Å². The van der Waals surface area contributed by atoms with E-state index < -0.39 is 0 Å². The number of aryl methyl sites for hydroxylation is 1. The molecule has 0 aliphatic carbocycles. The van der Waals surface area contributed by atoms with Gasteiger partial charge in [0.2, 0.25) is 0 Å². The summed E-state index contributed by atoms with van der Waals surface area (Å²) in [6, 6.07) is 8.28. The SMILES string of the molecule is Cc1ccc(OCCC[C@H](N)CS)cc1.